The third-order valence-corrected chi connectivity index (χ3v) is 5.11. The first-order chi connectivity index (χ1) is 14.4. The zero-order valence-electron chi connectivity index (χ0n) is 15.8. The summed E-state index contributed by atoms with van der Waals surface area (Å²) >= 11 is 0. The molecule has 4 rings (SSSR count). The van der Waals surface area contributed by atoms with Crippen LogP contribution < -0.4 is 16.6 Å². The number of aromatic amines is 1. The predicted molar refractivity (Wildman–Crippen MR) is 106 cm³/mol. The van der Waals surface area contributed by atoms with Crippen LogP contribution in [0.15, 0.2) is 58.4 Å². The molecule has 1 aliphatic heterocycles. The van der Waals surface area contributed by atoms with Gasteiger partial charge in [0.1, 0.15) is 24.0 Å². The third-order valence-electron chi connectivity index (χ3n) is 5.11. The first-order valence-corrected chi connectivity index (χ1v) is 9.36. The maximum atomic E-state index is 12.7. The van der Waals surface area contributed by atoms with E-state index in [9.17, 15) is 24.6 Å². The molecular weight excluding hydrogens is 392 g/mol. The average molecular weight is 412 g/mol. The van der Waals surface area contributed by atoms with Gasteiger partial charge in [-0.3, -0.25) is 24.1 Å². The summed E-state index contributed by atoms with van der Waals surface area (Å²) in [7, 11) is 0. The number of carbonyl (C=O) groups is 1. The number of hydrogen-bond acceptors (Lipinski definition) is 7. The van der Waals surface area contributed by atoms with E-state index in [0.717, 1.165) is 5.39 Å². The van der Waals surface area contributed by atoms with Crippen molar-refractivity contribution < 1.29 is 19.7 Å². The van der Waals surface area contributed by atoms with Crippen LogP contribution in [0.5, 0.6) is 0 Å². The van der Waals surface area contributed by atoms with E-state index in [2.05, 4.69) is 15.3 Å². The van der Waals surface area contributed by atoms with Crippen molar-refractivity contribution in [2.75, 3.05) is 6.61 Å². The van der Waals surface area contributed by atoms with Gasteiger partial charge in [0.15, 0.2) is 0 Å². The maximum absolute atomic E-state index is 12.7. The number of H-pyrrole nitrogens is 1. The number of hydrogen-bond donors (Lipinski definition) is 4. The highest BCUT2D eigenvalue weighted by molar-refractivity contribution is 6.05. The lowest BCUT2D eigenvalue weighted by Gasteiger charge is -2.38. The number of aromatic nitrogens is 3. The number of carbonyl (C=O) groups excluding carboxylic acids is 1. The van der Waals surface area contributed by atoms with E-state index < -0.39 is 41.5 Å². The van der Waals surface area contributed by atoms with Crippen LogP contribution in [0.3, 0.4) is 0 Å². The third kappa shape index (κ3) is 3.88. The lowest BCUT2D eigenvalue weighted by molar-refractivity contribution is -0.152. The van der Waals surface area contributed by atoms with E-state index in [4.69, 9.17) is 4.74 Å². The van der Waals surface area contributed by atoms with E-state index in [0.29, 0.717) is 5.39 Å². The normalized spacial score (nSPS) is 23.9. The van der Waals surface area contributed by atoms with Crippen LogP contribution in [0.25, 0.3) is 10.8 Å². The number of amides is 1. The Morgan fingerprint density at radius 1 is 1.20 bits per heavy atom. The first-order valence-electron chi connectivity index (χ1n) is 9.36. The molecule has 0 unspecified atom stereocenters. The fraction of sp³-hybridized carbons (Fsp3) is 0.300. The van der Waals surface area contributed by atoms with Gasteiger partial charge in [-0.2, -0.15) is 0 Å². The highest BCUT2D eigenvalue weighted by Gasteiger charge is 2.39. The summed E-state index contributed by atoms with van der Waals surface area (Å²) in [6.45, 7) is -0.142. The molecule has 30 heavy (non-hydrogen) atoms. The molecule has 10 nitrogen and oxygen atoms in total. The largest absolute Gasteiger partial charge is 0.388 e. The van der Waals surface area contributed by atoms with Gasteiger partial charge >= 0.3 is 5.69 Å². The molecule has 0 radical (unpaired) electrons. The average Bonchev–Trinajstić information content (AvgIpc) is 2.74. The van der Waals surface area contributed by atoms with Gasteiger partial charge in [-0.15, -0.1) is 0 Å². The zero-order valence-corrected chi connectivity index (χ0v) is 15.8. The fourth-order valence-corrected chi connectivity index (χ4v) is 3.49. The highest BCUT2D eigenvalue weighted by atomic mass is 16.5. The molecule has 1 aliphatic rings. The number of aliphatic hydroxyl groups excluding tert-OH is 2. The van der Waals surface area contributed by atoms with Crippen molar-refractivity contribution in [3.8, 4) is 0 Å². The topological polar surface area (TPSA) is 147 Å². The number of nitrogens with zero attached hydrogens (tertiary/aromatic N) is 2. The molecule has 3 heterocycles. The summed E-state index contributed by atoms with van der Waals surface area (Å²) in [5, 5.41) is 25.1. The Morgan fingerprint density at radius 2 is 2.00 bits per heavy atom. The van der Waals surface area contributed by atoms with Crippen molar-refractivity contribution in [2.45, 2.75) is 30.9 Å². The molecule has 0 spiro atoms. The Bertz CT molecular complexity index is 1180. The van der Waals surface area contributed by atoms with E-state index in [1.165, 1.54) is 23.0 Å². The first kappa shape index (κ1) is 20.0. The van der Waals surface area contributed by atoms with Crippen molar-refractivity contribution in [2.24, 2.45) is 0 Å². The SMILES string of the molecule is O=C(N[C@@H]1CO[C@H](Cn2ccc(=O)[nH]c2=O)[C@@H](O)[C@H]1O)c1nccc2ccccc12. The molecular formula is C20H20N4O6. The van der Waals surface area contributed by atoms with Crippen LogP contribution in [0.1, 0.15) is 10.5 Å². The van der Waals surface area contributed by atoms with Crippen LogP contribution in [0.2, 0.25) is 0 Å². The lowest BCUT2D eigenvalue weighted by atomic mass is 9.97. The van der Waals surface area contributed by atoms with Gasteiger partial charge in [0.05, 0.1) is 19.2 Å². The van der Waals surface area contributed by atoms with Crippen molar-refractivity contribution in [3.63, 3.8) is 0 Å². The molecule has 0 saturated carbocycles. The van der Waals surface area contributed by atoms with Gasteiger partial charge in [0.25, 0.3) is 11.5 Å². The van der Waals surface area contributed by atoms with E-state index >= 15 is 0 Å². The van der Waals surface area contributed by atoms with Crippen molar-refractivity contribution in [1.82, 2.24) is 19.9 Å². The number of aliphatic hydroxyl groups is 2. The minimum atomic E-state index is -1.36. The Kier molecular flexibility index (Phi) is 5.44. The van der Waals surface area contributed by atoms with Gasteiger partial charge in [-0.1, -0.05) is 24.3 Å². The summed E-state index contributed by atoms with van der Waals surface area (Å²) in [5.41, 5.74) is -0.979. The molecule has 10 heteroatoms. The minimum absolute atomic E-state index is 0.0701. The van der Waals surface area contributed by atoms with Crippen molar-refractivity contribution >= 4 is 16.7 Å². The number of rotatable bonds is 4. The zero-order chi connectivity index (χ0) is 21.3. The number of fused-ring (bicyclic) bond motifs is 1. The van der Waals surface area contributed by atoms with Crippen molar-refractivity contribution in [3.05, 3.63) is 75.3 Å². The van der Waals surface area contributed by atoms with E-state index in [1.54, 1.807) is 18.2 Å². The van der Waals surface area contributed by atoms with E-state index in [1.807, 2.05) is 12.1 Å². The Morgan fingerprint density at radius 3 is 2.80 bits per heavy atom. The van der Waals surface area contributed by atoms with E-state index in [-0.39, 0.29) is 18.8 Å². The second-order valence-corrected chi connectivity index (χ2v) is 7.08. The molecule has 1 aromatic carbocycles. The minimum Gasteiger partial charge on any atom is -0.388 e. The Hall–Kier alpha value is -3.34. The summed E-state index contributed by atoms with van der Waals surface area (Å²) in [4.78, 5) is 42.0. The standard InChI is InChI=1S/C20H20N4O6/c25-15-6-8-24(20(29)23-15)9-14-18(27)17(26)13(10-30-14)22-19(28)16-12-4-2-1-3-11(12)5-7-21-16/h1-8,13-14,17-18,26-27H,9-10H2,(H,22,28)(H,23,25,29)/t13-,14-,17+,18-/m1/s1. The molecule has 1 saturated heterocycles. The second-order valence-electron chi connectivity index (χ2n) is 7.08. The number of benzene rings is 1. The smallest absolute Gasteiger partial charge is 0.328 e. The molecule has 2 aromatic heterocycles. The van der Waals surface area contributed by atoms with Crippen LogP contribution in [0, 0.1) is 0 Å². The second kappa shape index (κ2) is 8.19. The number of pyridine rings is 1. The fourth-order valence-electron chi connectivity index (χ4n) is 3.49. The predicted octanol–water partition coefficient (Wildman–Crippen LogP) is -0.996. The van der Waals surface area contributed by atoms with Gasteiger partial charge in [-0.25, -0.2) is 4.79 Å². The summed E-state index contributed by atoms with van der Waals surface area (Å²) < 4.78 is 6.76. The van der Waals surface area contributed by atoms with Gasteiger partial charge in [0.2, 0.25) is 0 Å². The van der Waals surface area contributed by atoms with Gasteiger partial charge in [-0.05, 0) is 11.5 Å². The molecule has 4 N–H and O–H groups in total. The highest BCUT2D eigenvalue weighted by Crippen LogP contribution is 2.19. The molecule has 1 amide bonds. The Labute approximate surface area is 169 Å². The number of ether oxygens (including phenoxy) is 1. The lowest BCUT2D eigenvalue weighted by Crippen LogP contribution is -2.60. The Balaban J connectivity index is 1.46. The van der Waals surface area contributed by atoms with Crippen LogP contribution >= 0.6 is 0 Å². The van der Waals surface area contributed by atoms with Crippen LogP contribution in [0.4, 0.5) is 0 Å². The number of nitrogens with one attached hydrogen (secondary N) is 2. The molecule has 3 aromatic rings. The van der Waals surface area contributed by atoms with Crippen LogP contribution in [-0.4, -0.2) is 61.6 Å². The van der Waals surface area contributed by atoms with Gasteiger partial charge in [0, 0.05) is 23.8 Å². The molecule has 156 valence electrons. The molecule has 4 atom stereocenters. The van der Waals surface area contributed by atoms with Crippen LogP contribution in [-0.2, 0) is 11.3 Å². The molecule has 0 bridgehead atoms. The van der Waals surface area contributed by atoms with Gasteiger partial charge < -0.3 is 20.3 Å². The summed E-state index contributed by atoms with van der Waals surface area (Å²) in [5.74, 6) is -0.498. The monoisotopic (exact) mass is 412 g/mol. The summed E-state index contributed by atoms with van der Waals surface area (Å²) in [6.07, 6.45) is -0.765. The summed E-state index contributed by atoms with van der Waals surface area (Å²) in [6, 6.07) is 9.39. The van der Waals surface area contributed by atoms with Crippen molar-refractivity contribution in [1.29, 1.82) is 0 Å². The molecule has 1 fully saturated rings. The quantitative estimate of drug-likeness (QED) is 0.430. The maximum Gasteiger partial charge on any atom is 0.328 e. The molecule has 0 aliphatic carbocycles.